The summed E-state index contributed by atoms with van der Waals surface area (Å²) in [6, 6.07) is 14.8. The van der Waals surface area contributed by atoms with E-state index in [4.69, 9.17) is 9.47 Å². The summed E-state index contributed by atoms with van der Waals surface area (Å²) in [6.07, 6.45) is 4.53. The van der Waals surface area contributed by atoms with Crippen LogP contribution in [0.15, 0.2) is 54.1 Å². The van der Waals surface area contributed by atoms with Crippen molar-refractivity contribution in [2.24, 2.45) is 0 Å². The lowest BCUT2D eigenvalue weighted by Crippen LogP contribution is -2.44. The van der Waals surface area contributed by atoms with Gasteiger partial charge in [-0.1, -0.05) is 42.0 Å². The Kier molecular flexibility index (Phi) is 5.83. The number of piperidine rings is 1. The minimum absolute atomic E-state index is 0. The lowest BCUT2D eigenvalue weighted by Gasteiger charge is -2.46. The third kappa shape index (κ3) is 3.46. The molecule has 0 aliphatic carbocycles. The Labute approximate surface area is 168 Å². The Morgan fingerprint density at radius 1 is 1.07 bits per heavy atom. The van der Waals surface area contributed by atoms with Crippen LogP contribution in [0.2, 0.25) is 0 Å². The van der Waals surface area contributed by atoms with Crippen LogP contribution in [0.25, 0.3) is 0 Å². The number of benzene rings is 2. The molecular formula is C23H28ClNO2. The van der Waals surface area contributed by atoms with Gasteiger partial charge in [-0.3, -0.25) is 4.90 Å². The van der Waals surface area contributed by atoms with Gasteiger partial charge in [0.1, 0.15) is 5.75 Å². The van der Waals surface area contributed by atoms with Gasteiger partial charge in [0.05, 0.1) is 7.11 Å². The van der Waals surface area contributed by atoms with E-state index in [0.717, 1.165) is 49.7 Å². The molecule has 0 radical (unpaired) electrons. The number of halogens is 1. The van der Waals surface area contributed by atoms with Gasteiger partial charge in [-0.2, -0.15) is 0 Å². The van der Waals surface area contributed by atoms with E-state index in [1.807, 2.05) is 6.07 Å². The lowest BCUT2D eigenvalue weighted by atomic mass is 9.66. The van der Waals surface area contributed by atoms with Crippen molar-refractivity contribution in [2.45, 2.75) is 32.1 Å². The van der Waals surface area contributed by atoms with Crippen molar-refractivity contribution in [1.29, 1.82) is 0 Å². The first kappa shape index (κ1) is 19.8. The topological polar surface area (TPSA) is 21.7 Å². The van der Waals surface area contributed by atoms with Crippen molar-refractivity contribution in [3.05, 3.63) is 65.2 Å². The van der Waals surface area contributed by atoms with Gasteiger partial charge in [-0.25, -0.2) is 0 Å². The SMILES string of the molecule is COc1cccc2c1Oc1ccccc1C21CCN(CC=C(C)C)CC1.Cl. The number of rotatable bonds is 3. The average molecular weight is 386 g/mol. The molecule has 0 bridgehead atoms. The predicted molar refractivity (Wildman–Crippen MR) is 113 cm³/mol. The quantitative estimate of drug-likeness (QED) is 0.644. The van der Waals surface area contributed by atoms with E-state index in [9.17, 15) is 0 Å². The third-order valence-electron chi connectivity index (χ3n) is 5.80. The van der Waals surface area contributed by atoms with E-state index < -0.39 is 0 Å². The summed E-state index contributed by atoms with van der Waals surface area (Å²) in [5.41, 5.74) is 4.00. The second-order valence-electron chi connectivity index (χ2n) is 7.60. The number of ether oxygens (including phenoxy) is 2. The molecule has 1 saturated heterocycles. The summed E-state index contributed by atoms with van der Waals surface area (Å²) in [6.45, 7) is 7.57. The minimum Gasteiger partial charge on any atom is -0.493 e. The lowest BCUT2D eigenvalue weighted by molar-refractivity contribution is 0.185. The summed E-state index contributed by atoms with van der Waals surface area (Å²) in [7, 11) is 1.72. The van der Waals surface area contributed by atoms with Crippen molar-refractivity contribution >= 4 is 12.4 Å². The van der Waals surface area contributed by atoms with Crippen LogP contribution in [0.4, 0.5) is 0 Å². The van der Waals surface area contributed by atoms with E-state index in [1.165, 1.54) is 16.7 Å². The van der Waals surface area contributed by atoms with E-state index in [-0.39, 0.29) is 17.8 Å². The average Bonchev–Trinajstić information content (AvgIpc) is 2.67. The van der Waals surface area contributed by atoms with Crippen LogP contribution in [-0.4, -0.2) is 31.6 Å². The van der Waals surface area contributed by atoms with Gasteiger partial charge in [0.25, 0.3) is 0 Å². The van der Waals surface area contributed by atoms with Crippen LogP contribution < -0.4 is 9.47 Å². The van der Waals surface area contributed by atoms with Crippen LogP contribution in [0.5, 0.6) is 17.2 Å². The molecule has 0 unspecified atom stereocenters. The molecule has 1 fully saturated rings. The first-order valence-electron chi connectivity index (χ1n) is 9.44. The summed E-state index contributed by atoms with van der Waals surface area (Å²) in [5.74, 6) is 2.69. The smallest absolute Gasteiger partial charge is 0.173 e. The largest absolute Gasteiger partial charge is 0.493 e. The van der Waals surface area contributed by atoms with Crippen molar-refractivity contribution in [1.82, 2.24) is 4.90 Å². The number of methoxy groups -OCH3 is 1. The second kappa shape index (κ2) is 7.95. The fourth-order valence-corrected chi connectivity index (χ4v) is 4.33. The predicted octanol–water partition coefficient (Wildman–Crippen LogP) is 5.57. The van der Waals surface area contributed by atoms with Crippen LogP contribution in [0.3, 0.4) is 0 Å². The van der Waals surface area contributed by atoms with Crippen molar-refractivity contribution in [3.63, 3.8) is 0 Å². The Hall–Kier alpha value is -1.97. The zero-order valence-electron chi connectivity index (χ0n) is 16.3. The highest BCUT2D eigenvalue weighted by molar-refractivity contribution is 5.85. The molecule has 144 valence electrons. The molecule has 0 N–H and O–H groups in total. The molecule has 2 aromatic carbocycles. The molecular weight excluding hydrogens is 358 g/mol. The van der Waals surface area contributed by atoms with Gasteiger partial charge in [-0.05, 0) is 51.9 Å². The molecule has 2 aliphatic heterocycles. The number of fused-ring (bicyclic) bond motifs is 4. The van der Waals surface area contributed by atoms with Crippen molar-refractivity contribution < 1.29 is 9.47 Å². The number of nitrogens with zero attached hydrogens (tertiary/aromatic N) is 1. The van der Waals surface area contributed by atoms with Crippen LogP contribution >= 0.6 is 12.4 Å². The molecule has 2 aromatic rings. The summed E-state index contributed by atoms with van der Waals surface area (Å²) >= 11 is 0. The first-order valence-corrected chi connectivity index (χ1v) is 9.44. The molecule has 1 spiro atoms. The van der Waals surface area contributed by atoms with Gasteiger partial charge in [-0.15, -0.1) is 12.4 Å². The van der Waals surface area contributed by atoms with E-state index in [0.29, 0.717) is 0 Å². The molecule has 2 aliphatic rings. The number of para-hydroxylation sites is 2. The van der Waals surface area contributed by atoms with Crippen LogP contribution in [0.1, 0.15) is 37.8 Å². The minimum atomic E-state index is 0. The molecule has 0 atom stereocenters. The Balaban J connectivity index is 0.00000210. The van der Waals surface area contributed by atoms with E-state index in [2.05, 4.69) is 61.2 Å². The fourth-order valence-electron chi connectivity index (χ4n) is 4.33. The van der Waals surface area contributed by atoms with Gasteiger partial charge >= 0.3 is 0 Å². The second-order valence-corrected chi connectivity index (χ2v) is 7.60. The van der Waals surface area contributed by atoms with Crippen LogP contribution in [0, 0.1) is 0 Å². The van der Waals surface area contributed by atoms with Crippen LogP contribution in [-0.2, 0) is 5.41 Å². The number of likely N-dealkylation sites (tertiary alicyclic amines) is 1. The maximum absolute atomic E-state index is 6.28. The molecule has 0 saturated carbocycles. The number of hydrogen-bond acceptors (Lipinski definition) is 3. The third-order valence-corrected chi connectivity index (χ3v) is 5.80. The van der Waals surface area contributed by atoms with Gasteiger partial charge < -0.3 is 9.47 Å². The van der Waals surface area contributed by atoms with Crippen molar-refractivity contribution in [3.8, 4) is 17.2 Å². The molecule has 0 aromatic heterocycles. The monoisotopic (exact) mass is 385 g/mol. The highest BCUT2D eigenvalue weighted by atomic mass is 35.5. The summed E-state index contributed by atoms with van der Waals surface area (Å²) < 4.78 is 11.9. The molecule has 3 nitrogen and oxygen atoms in total. The maximum Gasteiger partial charge on any atom is 0.173 e. The molecule has 2 heterocycles. The summed E-state index contributed by atoms with van der Waals surface area (Å²) in [5, 5.41) is 0. The molecule has 27 heavy (non-hydrogen) atoms. The van der Waals surface area contributed by atoms with Gasteiger partial charge in [0, 0.05) is 23.1 Å². The fraction of sp³-hybridized carbons (Fsp3) is 0.391. The summed E-state index contributed by atoms with van der Waals surface area (Å²) in [4.78, 5) is 2.55. The zero-order valence-corrected chi connectivity index (χ0v) is 17.1. The Morgan fingerprint density at radius 2 is 1.78 bits per heavy atom. The van der Waals surface area contributed by atoms with E-state index in [1.54, 1.807) is 7.11 Å². The first-order chi connectivity index (χ1) is 12.6. The standard InChI is InChI=1S/C23H27NO2.ClH/c1-17(2)11-14-24-15-12-23(13-16-24)18-7-4-5-9-20(18)26-22-19(23)8-6-10-21(22)25-3;/h4-11H,12-16H2,1-3H3;1H. The van der Waals surface area contributed by atoms with E-state index >= 15 is 0 Å². The molecule has 0 amide bonds. The zero-order chi connectivity index (χ0) is 18.1. The highest BCUT2D eigenvalue weighted by Crippen LogP contribution is 2.55. The Morgan fingerprint density at radius 3 is 2.48 bits per heavy atom. The van der Waals surface area contributed by atoms with Gasteiger partial charge in [0.15, 0.2) is 11.5 Å². The number of hydrogen-bond donors (Lipinski definition) is 0. The molecule has 4 rings (SSSR count). The Bertz CT molecular complexity index is 834. The normalized spacial score (nSPS) is 17.1. The molecule has 4 heteroatoms. The van der Waals surface area contributed by atoms with Crippen molar-refractivity contribution in [2.75, 3.05) is 26.7 Å². The highest BCUT2D eigenvalue weighted by Gasteiger charge is 2.44. The van der Waals surface area contributed by atoms with Gasteiger partial charge in [0.2, 0.25) is 0 Å². The number of allylic oxidation sites excluding steroid dienone is 1. The maximum atomic E-state index is 6.28.